The first-order chi connectivity index (χ1) is 8.99. The van der Waals surface area contributed by atoms with Crippen molar-refractivity contribution in [3.05, 3.63) is 29.3 Å². The molecule has 2 nitrogen and oxygen atoms in total. The molecule has 1 saturated carbocycles. The molecular formula is C17H27NO. The summed E-state index contributed by atoms with van der Waals surface area (Å²) in [4.78, 5) is 0. The van der Waals surface area contributed by atoms with Crippen LogP contribution in [0.2, 0.25) is 0 Å². The van der Waals surface area contributed by atoms with E-state index >= 15 is 0 Å². The predicted octanol–water partition coefficient (Wildman–Crippen LogP) is 4.09. The van der Waals surface area contributed by atoms with Gasteiger partial charge in [-0.15, -0.1) is 0 Å². The fourth-order valence-corrected chi connectivity index (χ4v) is 2.96. The van der Waals surface area contributed by atoms with Gasteiger partial charge in [-0.05, 0) is 44.2 Å². The molecule has 0 heterocycles. The van der Waals surface area contributed by atoms with Gasteiger partial charge in [0.05, 0.1) is 6.61 Å². The van der Waals surface area contributed by atoms with E-state index < -0.39 is 0 Å². The number of hydrogen-bond acceptors (Lipinski definition) is 2. The van der Waals surface area contributed by atoms with Crippen molar-refractivity contribution in [3.63, 3.8) is 0 Å². The van der Waals surface area contributed by atoms with E-state index in [0.29, 0.717) is 17.4 Å². The molecule has 0 radical (unpaired) electrons. The lowest BCUT2D eigenvalue weighted by Crippen LogP contribution is -2.25. The minimum atomic E-state index is 0.418. The summed E-state index contributed by atoms with van der Waals surface area (Å²) in [5.41, 5.74) is 3.10. The van der Waals surface area contributed by atoms with Gasteiger partial charge in [0.1, 0.15) is 5.75 Å². The fraction of sp³-hybridized carbons (Fsp3) is 0.647. The highest BCUT2D eigenvalue weighted by Gasteiger charge is 2.50. The van der Waals surface area contributed by atoms with Gasteiger partial charge in [-0.25, -0.2) is 0 Å². The standard InChI is InChI=1S/C17H27NO/c1-6-18-16(14-11-17(14,4)5)13-10-12(3)8-9-15(13)19-7-2/h8-10,14,16,18H,6-7,11H2,1-5H3. The van der Waals surface area contributed by atoms with Crippen LogP contribution in [0.25, 0.3) is 0 Å². The molecule has 0 amide bonds. The topological polar surface area (TPSA) is 21.3 Å². The molecule has 1 aliphatic carbocycles. The average Bonchev–Trinajstić information content (AvgIpc) is 2.98. The van der Waals surface area contributed by atoms with Crippen LogP contribution in [0.5, 0.6) is 5.75 Å². The van der Waals surface area contributed by atoms with E-state index in [-0.39, 0.29) is 0 Å². The van der Waals surface area contributed by atoms with E-state index in [1.54, 1.807) is 0 Å². The highest BCUT2D eigenvalue weighted by Crippen LogP contribution is 2.58. The van der Waals surface area contributed by atoms with Crippen molar-refractivity contribution in [1.82, 2.24) is 5.32 Å². The van der Waals surface area contributed by atoms with Gasteiger partial charge in [0.15, 0.2) is 0 Å². The SMILES string of the molecule is CCNC(c1cc(C)ccc1OCC)C1CC1(C)C. The number of benzene rings is 1. The lowest BCUT2D eigenvalue weighted by atomic mass is 9.95. The lowest BCUT2D eigenvalue weighted by molar-refractivity contribution is 0.325. The second kappa shape index (κ2) is 5.54. The zero-order chi connectivity index (χ0) is 14.0. The maximum absolute atomic E-state index is 5.83. The Labute approximate surface area is 117 Å². The molecule has 0 aliphatic heterocycles. The third-order valence-corrected chi connectivity index (χ3v) is 4.22. The van der Waals surface area contributed by atoms with Crippen LogP contribution in [-0.4, -0.2) is 13.2 Å². The van der Waals surface area contributed by atoms with Crippen LogP contribution in [-0.2, 0) is 0 Å². The summed E-state index contributed by atoms with van der Waals surface area (Å²) in [6, 6.07) is 6.96. The van der Waals surface area contributed by atoms with Crippen molar-refractivity contribution in [2.45, 2.75) is 47.1 Å². The Bertz CT molecular complexity index is 439. The molecule has 1 aliphatic rings. The second-order valence-corrected chi connectivity index (χ2v) is 6.31. The van der Waals surface area contributed by atoms with Crippen LogP contribution in [0.4, 0.5) is 0 Å². The summed E-state index contributed by atoms with van der Waals surface area (Å²) >= 11 is 0. The molecule has 1 aromatic carbocycles. The largest absolute Gasteiger partial charge is 0.494 e. The molecule has 0 bridgehead atoms. The van der Waals surface area contributed by atoms with Crippen molar-refractivity contribution < 1.29 is 4.74 Å². The zero-order valence-corrected chi connectivity index (χ0v) is 12.9. The van der Waals surface area contributed by atoms with E-state index in [0.717, 1.165) is 18.9 Å². The van der Waals surface area contributed by atoms with Crippen molar-refractivity contribution in [3.8, 4) is 5.75 Å². The van der Waals surface area contributed by atoms with Gasteiger partial charge < -0.3 is 10.1 Å². The van der Waals surface area contributed by atoms with Crippen LogP contribution in [0.3, 0.4) is 0 Å². The maximum atomic E-state index is 5.83. The average molecular weight is 261 g/mol. The quantitative estimate of drug-likeness (QED) is 0.832. The summed E-state index contributed by atoms with van der Waals surface area (Å²) in [6.45, 7) is 12.8. The van der Waals surface area contributed by atoms with Gasteiger partial charge in [-0.1, -0.05) is 38.5 Å². The lowest BCUT2D eigenvalue weighted by Gasteiger charge is -2.23. The molecule has 2 unspecified atom stereocenters. The third kappa shape index (κ3) is 3.11. The number of hydrogen-bond donors (Lipinski definition) is 1. The molecule has 1 aromatic rings. The van der Waals surface area contributed by atoms with Crippen LogP contribution in [0, 0.1) is 18.3 Å². The molecule has 1 N–H and O–H groups in total. The molecule has 0 aromatic heterocycles. The van der Waals surface area contributed by atoms with E-state index in [1.165, 1.54) is 17.5 Å². The molecule has 2 rings (SSSR count). The van der Waals surface area contributed by atoms with Crippen LogP contribution >= 0.6 is 0 Å². The van der Waals surface area contributed by atoms with E-state index in [4.69, 9.17) is 4.74 Å². The Morgan fingerprint density at radius 3 is 2.58 bits per heavy atom. The highest BCUT2D eigenvalue weighted by molar-refractivity contribution is 5.40. The van der Waals surface area contributed by atoms with Crippen LogP contribution in [0.1, 0.15) is 51.3 Å². The third-order valence-electron chi connectivity index (χ3n) is 4.22. The van der Waals surface area contributed by atoms with Gasteiger partial charge >= 0.3 is 0 Å². The highest BCUT2D eigenvalue weighted by atomic mass is 16.5. The summed E-state index contributed by atoms with van der Waals surface area (Å²) < 4.78 is 5.83. The summed E-state index contributed by atoms with van der Waals surface area (Å²) in [7, 11) is 0. The molecule has 106 valence electrons. The smallest absolute Gasteiger partial charge is 0.124 e. The van der Waals surface area contributed by atoms with Crippen LogP contribution < -0.4 is 10.1 Å². The zero-order valence-electron chi connectivity index (χ0n) is 12.9. The number of ether oxygens (including phenoxy) is 1. The van der Waals surface area contributed by atoms with Crippen LogP contribution in [0.15, 0.2) is 18.2 Å². The van der Waals surface area contributed by atoms with Gasteiger partial charge in [0, 0.05) is 11.6 Å². The number of aryl methyl sites for hydroxylation is 1. The Balaban J connectivity index is 2.32. The van der Waals surface area contributed by atoms with Gasteiger partial charge in [-0.2, -0.15) is 0 Å². The minimum Gasteiger partial charge on any atom is -0.494 e. The normalized spacial score (nSPS) is 22.1. The van der Waals surface area contributed by atoms with E-state index in [2.05, 4.69) is 51.2 Å². The maximum Gasteiger partial charge on any atom is 0.124 e. The van der Waals surface area contributed by atoms with Crippen molar-refractivity contribution >= 4 is 0 Å². The first-order valence-electron chi connectivity index (χ1n) is 7.46. The second-order valence-electron chi connectivity index (χ2n) is 6.31. The molecule has 2 atom stereocenters. The van der Waals surface area contributed by atoms with Gasteiger partial charge in [0.25, 0.3) is 0 Å². The summed E-state index contributed by atoms with van der Waals surface area (Å²) in [5.74, 6) is 1.76. The van der Waals surface area contributed by atoms with Gasteiger partial charge in [-0.3, -0.25) is 0 Å². The molecule has 19 heavy (non-hydrogen) atoms. The summed E-state index contributed by atoms with van der Waals surface area (Å²) in [5, 5.41) is 3.66. The molecule has 0 saturated heterocycles. The fourth-order valence-electron chi connectivity index (χ4n) is 2.96. The molecule has 0 spiro atoms. The molecule has 1 fully saturated rings. The van der Waals surface area contributed by atoms with E-state index in [1.807, 2.05) is 6.92 Å². The Morgan fingerprint density at radius 1 is 1.37 bits per heavy atom. The monoisotopic (exact) mass is 261 g/mol. The predicted molar refractivity (Wildman–Crippen MR) is 80.7 cm³/mol. The number of nitrogens with one attached hydrogen (secondary N) is 1. The van der Waals surface area contributed by atoms with Crippen molar-refractivity contribution in [2.75, 3.05) is 13.2 Å². The van der Waals surface area contributed by atoms with Gasteiger partial charge in [0.2, 0.25) is 0 Å². The first-order valence-corrected chi connectivity index (χ1v) is 7.46. The Morgan fingerprint density at radius 2 is 2.05 bits per heavy atom. The number of rotatable bonds is 6. The van der Waals surface area contributed by atoms with Crippen molar-refractivity contribution in [1.29, 1.82) is 0 Å². The molecule has 2 heteroatoms. The molecular weight excluding hydrogens is 234 g/mol. The summed E-state index contributed by atoms with van der Waals surface area (Å²) in [6.07, 6.45) is 1.30. The van der Waals surface area contributed by atoms with E-state index in [9.17, 15) is 0 Å². The minimum absolute atomic E-state index is 0.418. The Kier molecular flexibility index (Phi) is 4.19. The first kappa shape index (κ1) is 14.4. The van der Waals surface area contributed by atoms with Crippen molar-refractivity contribution in [2.24, 2.45) is 11.3 Å². The Hall–Kier alpha value is -1.02.